The van der Waals surface area contributed by atoms with Crippen molar-refractivity contribution < 1.29 is 27.5 Å². The summed E-state index contributed by atoms with van der Waals surface area (Å²) in [5, 5.41) is 0.0594. The van der Waals surface area contributed by atoms with Gasteiger partial charge in [-0.05, 0) is 49.4 Å². The molecule has 0 fully saturated rings. The predicted molar refractivity (Wildman–Crippen MR) is 126 cm³/mol. The van der Waals surface area contributed by atoms with Crippen molar-refractivity contribution in [3.05, 3.63) is 88.9 Å². The van der Waals surface area contributed by atoms with Crippen LogP contribution in [-0.2, 0) is 14.8 Å². The Morgan fingerprint density at radius 3 is 2.27 bits per heavy atom. The molecular weight excluding hydrogens is 466 g/mol. The largest absolute Gasteiger partial charge is 0.489 e. The van der Waals surface area contributed by atoms with E-state index >= 15 is 0 Å². The number of hydrogen-bond acceptors (Lipinski definition) is 6. The summed E-state index contributed by atoms with van der Waals surface area (Å²) in [6, 6.07) is 19.1. The number of carbonyl (C=O) groups is 2. The number of esters is 1. The summed E-state index contributed by atoms with van der Waals surface area (Å²) in [6.07, 6.45) is 0. The van der Waals surface area contributed by atoms with Gasteiger partial charge in [0.05, 0.1) is 26.7 Å². The lowest BCUT2D eigenvalue weighted by atomic mass is 10.1. The van der Waals surface area contributed by atoms with Crippen molar-refractivity contribution >= 4 is 39.1 Å². The van der Waals surface area contributed by atoms with E-state index < -0.39 is 16.0 Å². The van der Waals surface area contributed by atoms with Gasteiger partial charge in [-0.15, -0.1) is 0 Å². The molecule has 7 nitrogen and oxygen atoms in total. The fourth-order valence-electron chi connectivity index (χ4n) is 3.00. The number of para-hydroxylation sites is 2. The van der Waals surface area contributed by atoms with Crippen LogP contribution in [0.2, 0.25) is 5.02 Å². The van der Waals surface area contributed by atoms with E-state index in [0.29, 0.717) is 17.0 Å². The van der Waals surface area contributed by atoms with Crippen LogP contribution in [0.15, 0.2) is 77.7 Å². The van der Waals surface area contributed by atoms with Crippen molar-refractivity contribution in [3.63, 3.8) is 0 Å². The van der Waals surface area contributed by atoms with E-state index in [1.54, 1.807) is 54.6 Å². The Bertz CT molecular complexity index is 1260. The number of sulfonamides is 1. The second-order valence-electron chi connectivity index (χ2n) is 6.99. The van der Waals surface area contributed by atoms with Gasteiger partial charge < -0.3 is 9.47 Å². The molecule has 3 aromatic rings. The predicted octanol–water partition coefficient (Wildman–Crippen LogP) is 4.60. The number of benzene rings is 3. The SMILES string of the molecule is CC(=O)c1ccccc1OCCOC(=O)c1cc(S(=O)(=O)N(C)c2ccccc2)ccc1Cl. The Labute approximate surface area is 197 Å². The highest BCUT2D eigenvalue weighted by molar-refractivity contribution is 7.92. The molecule has 0 radical (unpaired) electrons. The van der Waals surface area contributed by atoms with Gasteiger partial charge in [0.2, 0.25) is 0 Å². The Hall–Kier alpha value is -3.36. The number of rotatable bonds is 9. The highest BCUT2D eigenvalue weighted by Gasteiger charge is 2.24. The Morgan fingerprint density at radius 1 is 0.909 bits per heavy atom. The van der Waals surface area contributed by atoms with Crippen molar-refractivity contribution in [2.75, 3.05) is 24.6 Å². The lowest BCUT2D eigenvalue weighted by Gasteiger charge is -2.20. The van der Waals surface area contributed by atoms with Crippen molar-refractivity contribution in [2.24, 2.45) is 0 Å². The van der Waals surface area contributed by atoms with Crippen molar-refractivity contribution in [3.8, 4) is 5.75 Å². The Morgan fingerprint density at radius 2 is 1.58 bits per heavy atom. The number of carbonyl (C=O) groups excluding carboxylic acids is 2. The number of anilines is 1. The number of hydrogen-bond donors (Lipinski definition) is 0. The molecule has 0 atom stereocenters. The van der Waals surface area contributed by atoms with E-state index in [9.17, 15) is 18.0 Å². The molecule has 0 unspecified atom stereocenters. The maximum absolute atomic E-state index is 13.0. The van der Waals surface area contributed by atoms with Gasteiger partial charge in [-0.25, -0.2) is 13.2 Å². The van der Waals surface area contributed by atoms with E-state index in [-0.39, 0.29) is 34.5 Å². The third kappa shape index (κ3) is 5.71. The summed E-state index contributed by atoms with van der Waals surface area (Å²) in [6.45, 7) is 1.31. The summed E-state index contributed by atoms with van der Waals surface area (Å²) < 4.78 is 37.9. The summed E-state index contributed by atoms with van der Waals surface area (Å²) in [5.74, 6) is -0.549. The molecule has 9 heteroatoms. The molecule has 33 heavy (non-hydrogen) atoms. The number of halogens is 1. The minimum atomic E-state index is -3.93. The molecule has 0 bridgehead atoms. The van der Waals surface area contributed by atoms with Crippen LogP contribution in [0, 0.1) is 0 Å². The summed E-state index contributed by atoms with van der Waals surface area (Å²) in [5.41, 5.74) is 0.815. The van der Waals surface area contributed by atoms with E-state index in [1.807, 2.05) is 0 Å². The van der Waals surface area contributed by atoms with Crippen molar-refractivity contribution in [1.29, 1.82) is 0 Å². The lowest BCUT2D eigenvalue weighted by Crippen LogP contribution is -2.26. The Kier molecular flexibility index (Phi) is 7.73. The monoisotopic (exact) mass is 487 g/mol. The van der Waals surface area contributed by atoms with Gasteiger partial charge in [0, 0.05) is 7.05 Å². The zero-order chi connectivity index (χ0) is 24.0. The molecule has 0 aliphatic heterocycles. The smallest absolute Gasteiger partial charge is 0.339 e. The van der Waals surface area contributed by atoms with Crippen LogP contribution in [0.25, 0.3) is 0 Å². The first kappa shape index (κ1) is 24.3. The number of ether oxygens (including phenoxy) is 2. The molecule has 0 heterocycles. The topological polar surface area (TPSA) is 90.0 Å². The van der Waals surface area contributed by atoms with Gasteiger partial charge in [0.1, 0.15) is 19.0 Å². The summed E-state index contributed by atoms with van der Waals surface area (Å²) in [7, 11) is -2.50. The van der Waals surface area contributed by atoms with Crippen LogP contribution in [-0.4, -0.2) is 40.4 Å². The highest BCUT2D eigenvalue weighted by atomic mass is 35.5. The maximum atomic E-state index is 13.0. The Balaban J connectivity index is 1.69. The maximum Gasteiger partial charge on any atom is 0.339 e. The number of nitrogens with zero attached hydrogens (tertiary/aromatic N) is 1. The first-order valence-corrected chi connectivity index (χ1v) is 11.8. The van der Waals surface area contributed by atoms with E-state index in [1.165, 1.54) is 32.2 Å². The third-order valence-electron chi connectivity index (χ3n) is 4.78. The van der Waals surface area contributed by atoms with Crippen LogP contribution in [0.5, 0.6) is 5.75 Å². The van der Waals surface area contributed by atoms with Gasteiger partial charge in [-0.3, -0.25) is 9.10 Å². The third-order valence-corrected chi connectivity index (χ3v) is 6.89. The number of ketones is 1. The fraction of sp³-hybridized carbons (Fsp3) is 0.167. The molecule has 0 saturated heterocycles. The molecule has 0 aliphatic rings. The number of Topliss-reactive ketones (excluding diaryl/α,β-unsaturated/α-hetero) is 1. The first-order valence-electron chi connectivity index (χ1n) is 9.95. The van der Waals surface area contributed by atoms with Crippen LogP contribution in [0.1, 0.15) is 27.6 Å². The first-order chi connectivity index (χ1) is 15.7. The zero-order valence-corrected chi connectivity index (χ0v) is 19.6. The van der Waals surface area contributed by atoms with Crippen LogP contribution >= 0.6 is 11.6 Å². The molecule has 0 N–H and O–H groups in total. The summed E-state index contributed by atoms with van der Waals surface area (Å²) in [4.78, 5) is 24.1. The van der Waals surface area contributed by atoms with Crippen molar-refractivity contribution in [1.82, 2.24) is 0 Å². The van der Waals surface area contributed by atoms with E-state index in [4.69, 9.17) is 21.1 Å². The minimum absolute atomic E-state index is 0.00237. The van der Waals surface area contributed by atoms with Crippen LogP contribution in [0.3, 0.4) is 0 Å². The van der Waals surface area contributed by atoms with Gasteiger partial charge >= 0.3 is 5.97 Å². The molecule has 0 saturated carbocycles. The van der Waals surface area contributed by atoms with E-state index in [0.717, 1.165) is 4.31 Å². The molecule has 0 aliphatic carbocycles. The fourth-order valence-corrected chi connectivity index (χ4v) is 4.42. The van der Waals surface area contributed by atoms with Gasteiger partial charge in [-0.2, -0.15) is 0 Å². The zero-order valence-electron chi connectivity index (χ0n) is 18.0. The minimum Gasteiger partial charge on any atom is -0.489 e. The molecule has 3 aromatic carbocycles. The molecule has 0 spiro atoms. The standard InChI is InChI=1S/C24H22ClNO6S/c1-17(27)20-10-6-7-11-23(20)31-14-15-32-24(28)21-16-19(12-13-22(21)25)33(29,30)26(2)18-8-4-3-5-9-18/h3-13,16H,14-15H2,1-2H3. The molecular formula is C24H22ClNO6S. The average Bonchev–Trinajstić information content (AvgIpc) is 2.82. The second-order valence-corrected chi connectivity index (χ2v) is 9.36. The molecule has 172 valence electrons. The van der Waals surface area contributed by atoms with Gasteiger partial charge in [0.25, 0.3) is 10.0 Å². The molecule has 0 amide bonds. The molecule has 0 aromatic heterocycles. The van der Waals surface area contributed by atoms with Gasteiger partial charge in [0.15, 0.2) is 5.78 Å². The summed E-state index contributed by atoms with van der Waals surface area (Å²) >= 11 is 6.12. The normalized spacial score (nSPS) is 11.0. The average molecular weight is 488 g/mol. The quantitative estimate of drug-likeness (QED) is 0.249. The van der Waals surface area contributed by atoms with Crippen LogP contribution < -0.4 is 9.04 Å². The van der Waals surface area contributed by atoms with Crippen molar-refractivity contribution in [2.45, 2.75) is 11.8 Å². The highest BCUT2D eigenvalue weighted by Crippen LogP contribution is 2.26. The second kappa shape index (κ2) is 10.5. The van der Waals surface area contributed by atoms with Crippen LogP contribution in [0.4, 0.5) is 5.69 Å². The van der Waals surface area contributed by atoms with E-state index in [2.05, 4.69) is 0 Å². The molecule has 3 rings (SSSR count). The lowest BCUT2D eigenvalue weighted by molar-refractivity contribution is 0.0449. The van der Waals surface area contributed by atoms with Gasteiger partial charge in [-0.1, -0.05) is 41.9 Å².